The standard InChI is InChI=1S/C9H16N2O4/c1-6-5-15-7(2)4-11(6)9(14)10-3-8(12)13/h6-7H,3-5H2,1-2H3,(H,10,14)(H,12,13). The van der Waals surface area contributed by atoms with Crippen LogP contribution in [-0.2, 0) is 9.53 Å². The summed E-state index contributed by atoms with van der Waals surface area (Å²) in [5.41, 5.74) is 0. The molecule has 0 aromatic carbocycles. The molecule has 1 saturated heterocycles. The summed E-state index contributed by atoms with van der Waals surface area (Å²) >= 11 is 0. The van der Waals surface area contributed by atoms with Gasteiger partial charge in [0.1, 0.15) is 6.54 Å². The number of carbonyl (C=O) groups is 2. The van der Waals surface area contributed by atoms with Gasteiger partial charge in [-0.1, -0.05) is 0 Å². The Morgan fingerprint density at radius 3 is 2.80 bits per heavy atom. The number of hydrogen-bond acceptors (Lipinski definition) is 3. The van der Waals surface area contributed by atoms with Gasteiger partial charge in [-0.05, 0) is 13.8 Å². The largest absolute Gasteiger partial charge is 0.480 e. The van der Waals surface area contributed by atoms with E-state index < -0.39 is 5.97 Å². The average Bonchev–Trinajstić information content (AvgIpc) is 2.18. The lowest BCUT2D eigenvalue weighted by atomic mass is 10.2. The number of aliphatic carboxylic acids is 1. The van der Waals surface area contributed by atoms with Gasteiger partial charge in [0, 0.05) is 6.54 Å². The lowest BCUT2D eigenvalue weighted by Gasteiger charge is -2.36. The number of carboxylic acids is 1. The molecule has 0 spiro atoms. The molecular weight excluding hydrogens is 200 g/mol. The van der Waals surface area contributed by atoms with Crippen molar-refractivity contribution in [3.8, 4) is 0 Å². The first kappa shape index (κ1) is 11.8. The summed E-state index contributed by atoms with van der Waals surface area (Å²) in [6, 6.07) is -0.366. The fraction of sp³-hybridized carbons (Fsp3) is 0.778. The lowest BCUT2D eigenvalue weighted by molar-refractivity contribution is -0.135. The summed E-state index contributed by atoms with van der Waals surface area (Å²) in [7, 11) is 0. The zero-order chi connectivity index (χ0) is 11.4. The number of hydrogen-bond donors (Lipinski definition) is 2. The fourth-order valence-electron chi connectivity index (χ4n) is 1.44. The molecule has 2 N–H and O–H groups in total. The molecule has 0 saturated carbocycles. The van der Waals surface area contributed by atoms with Gasteiger partial charge in [-0.3, -0.25) is 4.79 Å². The maximum Gasteiger partial charge on any atom is 0.323 e. The summed E-state index contributed by atoms with van der Waals surface area (Å²) < 4.78 is 5.36. The van der Waals surface area contributed by atoms with Crippen LogP contribution in [0, 0.1) is 0 Å². The molecular formula is C9H16N2O4. The molecule has 2 atom stereocenters. The Hall–Kier alpha value is -1.30. The second kappa shape index (κ2) is 4.97. The minimum absolute atomic E-state index is 0.00298. The quantitative estimate of drug-likeness (QED) is 0.675. The summed E-state index contributed by atoms with van der Waals surface area (Å²) in [5.74, 6) is -1.04. The van der Waals surface area contributed by atoms with E-state index in [-0.39, 0.29) is 24.7 Å². The van der Waals surface area contributed by atoms with Crippen molar-refractivity contribution in [1.29, 1.82) is 0 Å². The van der Waals surface area contributed by atoms with Crippen LogP contribution < -0.4 is 5.32 Å². The number of morpholine rings is 1. The Balaban J connectivity index is 2.45. The molecule has 0 aromatic heterocycles. The van der Waals surface area contributed by atoms with Crippen LogP contribution in [0.2, 0.25) is 0 Å². The molecule has 15 heavy (non-hydrogen) atoms. The van der Waals surface area contributed by atoms with Crippen LogP contribution in [0.5, 0.6) is 0 Å². The fourth-order valence-corrected chi connectivity index (χ4v) is 1.44. The van der Waals surface area contributed by atoms with Crippen LogP contribution in [-0.4, -0.2) is 53.8 Å². The van der Waals surface area contributed by atoms with Crippen molar-refractivity contribution in [1.82, 2.24) is 10.2 Å². The number of nitrogens with zero attached hydrogens (tertiary/aromatic N) is 1. The number of nitrogens with one attached hydrogen (secondary N) is 1. The highest BCUT2D eigenvalue weighted by molar-refractivity contribution is 5.80. The van der Waals surface area contributed by atoms with Gasteiger partial charge in [-0.25, -0.2) is 4.79 Å². The predicted octanol–water partition coefficient (Wildman–Crippen LogP) is -0.110. The molecule has 1 aliphatic rings. The van der Waals surface area contributed by atoms with Gasteiger partial charge in [-0.15, -0.1) is 0 Å². The van der Waals surface area contributed by atoms with E-state index in [1.54, 1.807) is 4.90 Å². The van der Waals surface area contributed by atoms with Crippen LogP contribution >= 0.6 is 0 Å². The Bertz CT molecular complexity index is 256. The normalized spacial score (nSPS) is 26.1. The van der Waals surface area contributed by atoms with E-state index in [1.807, 2.05) is 13.8 Å². The second-order valence-corrected chi connectivity index (χ2v) is 3.70. The molecule has 0 aromatic rings. The molecule has 1 heterocycles. The molecule has 1 fully saturated rings. The van der Waals surface area contributed by atoms with E-state index >= 15 is 0 Å². The van der Waals surface area contributed by atoms with Crippen molar-refractivity contribution in [2.45, 2.75) is 26.0 Å². The van der Waals surface area contributed by atoms with E-state index in [2.05, 4.69) is 5.32 Å². The molecule has 1 aliphatic heterocycles. The Morgan fingerprint density at radius 1 is 1.53 bits per heavy atom. The molecule has 1 rings (SSSR count). The zero-order valence-electron chi connectivity index (χ0n) is 8.90. The van der Waals surface area contributed by atoms with E-state index in [1.165, 1.54) is 0 Å². The lowest BCUT2D eigenvalue weighted by Crippen LogP contribution is -2.54. The number of carboxylic acid groups (broad SMARTS) is 1. The van der Waals surface area contributed by atoms with Gasteiger partial charge in [0.25, 0.3) is 0 Å². The SMILES string of the molecule is CC1CN(C(=O)NCC(=O)O)C(C)CO1. The van der Waals surface area contributed by atoms with Crippen LogP contribution in [0.4, 0.5) is 4.79 Å². The Morgan fingerprint density at radius 2 is 2.20 bits per heavy atom. The maximum absolute atomic E-state index is 11.6. The van der Waals surface area contributed by atoms with Crippen LogP contribution in [0.3, 0.4) is 0 Å². The summed E-state index contributed by atoms with van der Waals surface area (Å²) in [6.45, 7) is 4.38. The maximum atomic E-state index is 11.6. The van der Waals surface area contributed by atoms with E-state index in [4.69, 9.17) is 9.84 Å². The summed E-state index contributed by atoms with van der Waals surface area (Å²) in [6.07, 6.45) is -0.00298. The van der Waals surface area contributed by atoms with Crippen LogP contribution in [0.1, 0.15) is 13.8 Å². The topological polar surface area (TPSA) is 78.9 Å². The first-order valence-electron chi connectivity index (χ1n) is 4.88. The van der Waals surface area contributed by atoms with Crippen molar-refractivity contribution in [2.24, 2.45) is 0 Å². The highest BCUT2D eigenvalue weighted by Crippen LogP contribution is 2.10. The van der Waals surface area contributed by atoms with Crippen LogP contribution in [0.25, 0.3) is 0 Å². The molecule has 6 nitrogen and oxygen atoms in total. The van der Waals surface area contributed by atoms with E-state index in [0.29, 0.717) is 13.2 Å². The number of rotatable bonds is 2. The molecule has 6 heteroatoms. The molecule has 2 amide bonds. The van der Waals surface area contributed by atoms with Crippen molar-refractivity contribution < 1.29 is 19.4 Å². The van der Waals surface area contributed by atoms with Crippen molar-refractivity contribution in [3.63, 3.8) is 0 Å². The van der Waals surface area contributed by atoms with E-state index in [9.17, 15) is 9.59 Å². The Labute approximate surface area is 88.2 Å². The second-order valence-electron chi connectivity index (χ2n) is 3.70. The number of ether oxygens (including phenoxy) is 1. The first-order valence-corrected chi connectivity index (χ1v) is 4.88. The smallest absolute Gasteiger partial charge is 0.323 e. The molecule has 0 radical (unpaired) electrons. The summed E-state index contributed by atoms with van der Waals surface area (Å²) in [4.78, 5) is 23.4. The van der Waals surface area contributed by atoms with Gasteiger partial charge in [-0.2, -0.15) is 0 Å². The predicted molar refractivity (Wildman–Crippen MR) is 52.6 cm³/mol. The Kier molecular flexibility index (Phi) is 3.90. The minimum atomic E-state index is -1.04. The third kappa shape index (κ3) is 3.39. The van der Waals surface area contributed by atoms with Crippen molar-refractivity contribution >= 4 is 12.0 Å². The molecule has 86 valence electrons. The van der Waals surface area contributed by atoms with Gasteiger partial charge in [0.15, 0.2) is 0 Å². The highest BCUT2D eigenvalue weighted by atomic mass is 16.5. The average molecular weight is 216 g/mol. The zero-order valence-corrected chi connectivity index (χ0v) is 8.90. The summed E-state index contributed by atoms with van der Waals surface area (Å²) in [5, 5.41) is 10.8. The van der Waals surface area contributed by atoms with E-state index in [0.717, 1.165) is 0 Å². The number of carbonyl (C=O) groups excluding carboxylic acids is 1. The third-order valence-corrected chi connectivity index (χ3v) is 2.26. The molecule has 0 aliphatic carbocycles. The number of amides is 2. The minimum Gasteiger partial charge on any atom is -0.480 e. The third-order valence-electron chi connectivity index (χ3n) is 2.26. The van der Waals surface area contributed by atoms with Crippen LogP contribution in [0.15, 0.2) is 0 Å². The monoisotopic (exact) mass is 216 g/mol. The van der Waals surface area contributed by atoms with Crippen molar-refractivity contribution in [3.05, 3.63) is 0 Å². The van der Waals surface area contributed by atoms with Gasteiger partial charge in [0.2, 0.25) is 0 Å². The van der Waals surface area contributed by atoms with Gasteiger partial charge >= 0.3 is 12.0 Å². The first-order chi connectivity index (χ1) is 7.00. The molecule has 2 unspecified atom stereocenters. The highest BCUT2D eigenvalue weighted by Gasteiger charge is 2.27. The van der Waals surface area contributed by atoms with Crippen molar-refractivity contribution in [2.75, 3.05) is 19.7 Å². The molecule has 0 bridgehead atoms. The van der Waals surface area contributed by atoms with Gasteiger partial charge in [0.05, 0.1) is 18.8 Å². The number of urea groups is 1. The van der Waals surface area contributed by atoms with Gasteiger partial charge < -0.3 is 20.1 Å².